The van der Waals surface area contributed by atoms with Crippen LogP contribution in [0.3, 0.4) is 0 Å². The Hall–Kier alpha value is -3.44. The molecular formula is C24H17Cl2FN6. The Bertz CT molecular complexity index is 1530. The summed E-state index contributed by atoms with van der Waals surface area (Å²) in [5, 5.41) is 19.3. The van der Waals surface area contributed by atoms with Crippen LogP contribution in [-0.2, 0) is 19.6 Å². The lowest BCUT2D eigenvalue weighted by Gasteiger charge is -2.06. The maximum Gasteiger partial charge on any atom is 0.166 e. The van der Waals surface area contributed by atoms with E-state index in [9.17, 15) is 9.65 Å². The Balaban J connectivity index is 1.30. The van der Waals surface area contributed by atoms with Gasteiger partial charge in [-0.3, -0.25) is 9.67 Å². The summed E-state index contributed by atoms with van der Waals surface area (Å²) in [5.41, 5.74) is 4.09. The van der Waals surface area contributed by atoms with Crippen LogP contribution < -0.4 is 5.32 Å². The minimum atomic E-state index is -0.353. The van der Waals surface area contributed by atoms with Crippen LogP contribution in [0.4, 0.5) is 4.39 Å². The van der Waals surface area contributed by atoms with E-state index in [0.29, 0.717) is 45.3 Å². The maximum absolute atomic E-state index is 14.8. The molecular weight excluding hydrogens is 462 g/mol. The predicted octanol–water partition coefficient (Wildman–Crippen LogP) is 5.57. The van der Waals surface area contributed by atoms with Crippen molar-refractivity contribution in [1.29, 1.82) is 5.26 Å². The second-order valence-corrected chi connectivity index (χ2v) is 8.54. The molecule has 3 heterocycles. The van der Waals surface area contributed by atoms with Crippen molar-refractivity contribution >= 4 is 45.0 Å². The molecule has 0 atom stereocenters. The van der Waals surface area contributed by atoms with Crippen LogP contribution in [0.5, 0.6) is 0 Å². The van der Waals surface area contributed by atoms with Crippen LogP contribution in [0, 0.1) is 17.1 Å². The van der Waals surface area contributed by atoms with Crippen LogP contribution in [0.1, 0.15) is 22.4 Å². The van der Waals surface area contributed by atoms with Gasteiger partial charge >= 0.3 is 0 Å². The Morgan fingerprint density at radius 1 is 1.12 bits per heavy atom. The van der Waals surface area contributed by atoms with Crippen molar-refractivity contribution in [3.05, 3.63) is 93.2 Å². The second kappa shape index (κ2) is 8.83. The number of pyridine rings is 1. The van der Waals surface area contributed by atoms with Crippen LogP contribution in [-0.4, -0.2) is 19.7 Å². The summed E-state index contributed by atoms with van der Waals surface area (Å²) >= 11 is 12.1. The van der Waals surface area contributed by atoms with Crippen LogP contribution in [0.25, 0.3) is 21.8 Å². The average Bonchev–Trinajstić information content (AvgIpc) is 3.38. The van der Waals surface area contributed by atoms with Crippen molar-refractivity contribution in [2.45, 2.75) is 19.6 Å². The fourth-order valence-corrected chi connectivity index (χ4v) is 4.27. The fourth-order valence-electron chi connectivity index (χ4n) is 3.86. The number of nitriles is 1. The van der Waals surface area contributed by atoms with Crippen molar-refractivity contribution in [3.63, 3.8) is 0 Å². The van der Waals surface area contributed by atoms with E-state index in [2.05, 4.69) is 26.5 Å². The number of nitrogens with one attached hydrogen (secondary N) is 2. The van der Waals surface area contributed by atoms with Crippen molar-refractivity contribution in [2.75, 3.05) is 0 Å². The molecule has 5 rings (SSSR count). The summed E-state index contributed by atoms with van der Waals surface area (Å²) < 4.78 is 16.5. The zero-order valence-corrected chi connectivity index (χ0v) is 18.8. The van der Waals surface area contributed by atoms with Crippen LogP contribution in [0.15, 0.2) is 55.0 Å². The van der Waals surface area contributed by atoms with Gasteiger partial charge < -0.3 is 10.3 Å². The summed E-state index contributed by atoms with van der Waals surface area (Å²) in [6.07, 6.45) is 5.02. The van der Waals surface area contributed by atoms with Crippen molar-refractivity contribution < 1.29 is 4.39 Å². The fraction of sp³-hybridized carbons (Fsp3) is 0.125. The minimum Gasteiger partial charge on any atom is -0.360 e. The number of hydrogen-bond donors (Lipinski definition) is 2. The third kappa shape index (κ3) is 4.29. The number of benzene rings is 2. The predicted molar refractivity (Wildman–Crippen MR) is 127 cm³/mol. The van der Waals surface area contributed by atoms with E-state index in [0.717, 1.165) is 22.0 Å². The Morgan fingerprint density at radius 3 is 2.82 bits per heavy atom. The highest BCUT2D eigenvalue weighted by Crippen LogP contribution is 2.28. The SMILES string of the molecule is N#Cc1nn(Cc2ccc3ncc(Cl)cc3c2)cc1CNCc1ccc2[nH]cc(Cl)c2c1F. The Kier molecular flexibility index (Phi) is 5.73. The van der Waals surface area contributed by atoms with Gasteiger partial charge in [0.2, 0.25) is 0 Å². The third-order valence-electron chi connectivity index (χ3n) is 5.45. The summed E-state index contributed by atoms with van der Waals surface area (Å²) in [7, 11) is 0. The Labute approximate surface area is 198 Å². The summed E-state index contributed by atoms with van der Waals surface area (Å²) in [5.74, 6) is -0.353. The molecule has 164 valence electrons. The molecule has 0 aliphatic rings. The Morgan fingerprint density at radius 2 is 1.97 bits per heavy atom. The molecule has 0 aliphatic heterocycles. The van der Waals surface area contributed by atoms with Crippen molar-refractivity contribution in [3.8, 4) is 6.07 Å². The van der Waals surface area contributed by atoms with Gasteiger partial charge in [-0.25, -0.2) is 4.39 Å². The quantitative estimate of drug-likeness (QED) is 0.334. The molecule has 0 saturated heterocycles. The van der Waals surface area contributed by atoms with Crippen LogP contribution >= 0.6 is 23.2 Å². The zero-order chi connectivity index (χ0) is 22.9. The first-order valence-electron chi connectivity index (χ1n) is 10.2. The zero-order valence-electron chi connectivity index (χ0n) is 17.2. The number of hydrogen-bond acceptors (Lipinski definition) is 4. The maximum atomic E-state index is 14.8. The smallest absolute Gasteiger partial charge is 0.166 e. The van der Waals surface area contributed by atoms with Gasteiger partial charge in [-0.15, -0.1) is 0 Å². The van der Waals surface area contributed by atoms with E-state index in [-0.39, 0.29) is 12.4 Å². The van der Waals surface area contributed by atoms with E-state index in [1.807, 2.05) is 30.5 Å². The number of H-pyrrole nitrogens is 1. The van der Waals surface area contributed by atoms with E-state index >= 15 is 0 Å². The van der Waals surface area contributed by atoms with Gasteiger partial charge in [0.15, 0.2) is 5.69 Å². The van der Waals surface area contributed by atoms with Gasteiger partial charge in [-0.1, -0.05) is 35.3 Å². The molecule has 0 bridgehead atoms. The van der Waals surface area contributed by atoms with Gasteiger partial charge in [0.05, 0.1) is 27.5 Å². The summed E-state index contributed by atoms with van der Waals surface area (Å²) in [4.78, 5) is 7.24. The monoisotopic (exact) mass is 478 g/mol. The highest BCUT2D eigenvalue weighted by Gasteiger charge is 2.13. The number of aromatic nitrogens is 4. The average molecular weight is 479 g/mol. The van der Waals surface area contributed by atoms with E-state index < -0.39 is 0 Å². The molecule has 0 unspecified atom stereocenters. The summed E-state index contributed by atoms with van der Waals surface area (Å²) in [6.45, 7) is 1.16. The third-order valence-corrected chi connectivity index (χ3v) is 5.95. The van der Waals surface area contributed by atoms with Crippen molar-refractivity contribution in [1.82, 2.24) is 25.1 Å². The molecule has 3 aromatic heterocycles. The molecule has 2 aromatic carbocycles. The lowest BCUT2D eigenvalue weighted by Crippen LogP contribution is -2.14. The van der Waals surface area contributed by atoms with Crippen molar-refractivity contribution in [2.24, 2.45) is 0 Å². The van der Waals surface area contributed by atoms with E-state index in [4.69, 9.17) is 23.2 Å². The number of nitrogens with zero attached hydrogens (tertiary/aromatic N) is 4. The molecule has 0 radical (unpaired) electrons. The lowest BCUT2D eigenvalue weighted by atomic mass is 10.1. The van der Waals surface area contributed by atoms with Gasteiger partial charge in [0.1, 0.15) is 11.9 Å². The molecule has 6 nitrogen and oxygen atoms in total. The molecule has 0 aliphatic carbocycles. The number of rotatable bonds is 6. The molecule has 0 saturated carbocycles. The number of halogens is 3. The molecule has 5 aromatic rings. The first-order valence-corrected chi connectivity index (χ1v) is 10.9. The number of fused-ring (bicyclic) bond motifs is 2. The topological polar surface area (TPSA) is 82.3 Å². The first kappa shape index (κ1) is 21.4. The van der Waals surface area contributed by atoms with Gasteiger partial charge in [-0.05, 0) is 29.8 Å². The first-order chi connectivity index (χ1) is 16.0. The highest BCUT2D eigenvalue weighted by molar-refractivity contribution is 6.35. The summed E-state index contributed by atoms with van der Waals surface area (Å²) in [6, 6.07) is 13.4. The largest absolute Gasteiger partial charge is 0.360 e. The molecule has 33 heavy (non-hydrogen) atoms. The van der Waals surface area contributed by atoms with Gasteiger partial charge in [-0.2, -0.15) is 10.4 Å². The van der Waals surface area contributed by atoms with Gasteiger partial charge in [0.25, 0.3) is 0 Å². The normalized spacial score (nSPS) is 11.3. The van der Waals surface area contributed by atoms with E-state index in [1.165, 1.54) is 0 Å². The molecule has 0 spiro atoms. The number of aromatic amines is 1. The standard InChI is InChI=1S/C24H17Cl2FN6/c25-18-6-16-5-14(1-3-20(16)30-10-18)12-33-13-17(22(7-28)32-33)9-29-8-15-2-4-21-23(24(15)27)19(26)11-31-21/h1-6,10-11,13,29,31H,8-9,12H2. The molecule has 0 fully saturated rings. The van der Waals surface area contributed by atoms with Gasteiger partial charge in [0, 0.05) is 53.7 Å². The molecule has 2 N–H and O–H groups in total. The highest BCUT2D eigenvalue weighted by atomic mass is 35.5. The van der Waals surface area contributed by atoms with Crippen LogP contribution in [0.2, 0.25) is 10.0 Å². The molecule has 0 amide bonds. The minimum absolute atomic E-state index is 0.289. The molecule has 9 heteroatoms. The van der Waals surface area contributed by atoms with E-state index in [1.54, 1.807) is 29.2 Å². The lowest BCUT2D eigenvalue weighted by molar-refractivity contribution is 0.597. The second-order valence-electron chi connectivity index (χ2n) is 7.69.